The van der Waals surface area contributed by atoms with Gasteiger partial charge in [-0.3, -0.25) is 0 Å². The van der Waals surface area contributed by atoms with Crippen molar-refractivity contribution in [2.45, 2.75) is 27.7 Å². The first-order chi connectivity index (χ1) is 10.0. The van der Waals surface area contributed by atoms with Gasteiger partial charge in [0.15, 0.2) is 0 Å². The Balaban J connectivity index is 2.12. The average molecular weight is 340 g/mol. The normalized spacial score (nSPS) is 13.0. The van der Waals surface area contributed by atoms with Crippen molar-refractivity contribution in [2.75, 3.05) is 5.75 Å². The van der Waals surface area contributed by atoms with E-state index < -0.39 is 10.0 Å². The van der Waals surface area contributed by atoms with Crippen molar-refractivity contribution in [3.63, 3.8) is 0 Å². The predicted molar refractivity (Wildman–Crippen MR) is 90.6 cm³/mol. The molecule has 2 aromatic rings. The molecule has 0 aliphatic rings. The Morgan fingerprint density at radius 2 is 1.62 bits per heavy atom. The minimum atomic E-state index is -3.47. The van der Waals surface area contributed by atoms with Gasteiger partial charge in [-0.25, -0.2) is 13.1 Å². The lowest BCUT2D eigenvalue weighted by Gasteiger charge is -2.12. The molecule has 2 rings (SSSR count). The minimum Gasteiger partial charge on any atom is -0.208 e. The summed E-state index contributed by atoms with van der Waals surface area (Å²) in [6.45, 7) is 1.78. The van der Waals surface area contributed by atoms with E-state index in [-0.39, 0.29) is 10.9 Å². The van der Waals surface area contributed by atoms with E-state index in [1.165, 1.54) is 0 Å². The predicted octanol–water partition coefficient (Wildman–Crippen LogP) is 3.43. The second-order valence-corrected chi connectivity index (χ2v) is 7.82. The first-order valence-electron chi connectivity index (χ1n) is 6.47. The van der Waals surface area contributed by atoms with Crippen LogP contribution in [0.1, 0.15) is 6.92 Å². The molecule has 2 aromatic carbocycles. The standard InChI is InChI=1S/C15H17NO2S3/c1-12(11-19)16-21(17,18)15-9-7-14(8-10-15)20-13-5-3-2-4-6-13/h2-10,12,16,19H,11H2,1H3. The van der Waals surface area contributed by atoms with Crippen LogP contribution in [0.5, 0.6) is 0 Å². The number of rotatable bonds is 6. The van der Waals surface area contributed by atoms with Gasteiger partial charge in [0.2, 0.25) is 10.0 Å². The summed E-state index contributed by atoms with van der Waals surface area (Å²) in [5.41, 5.74) is 0. The van der Waals surface area contributed by atoms with Gasteiger partial charge in [-0.1, -0.05) is 30.0 Å². The number of hydrogen-bond donors (Lipinski definition) is 2. The van der Waals surface area contributed by atoms with Crippen LogP contribution in [0.25, 0.3) is 0 Å². The maximum atomic E-state index is 12.1. The maximum Gasteiger partial charge on any atom is 0.240 e. The van der Waals surface area contributed by atoms with Gasteiger partial charge in [0.1, 0.15) is 0 Å². The van der Waals surface area contributed by atoms with Crippen LogP contribution in [-0.2, 0) is 10.0 Å². The molecule has 0 amide bonds. The van der Waals surface area contributed by atoms with Crippen LogP contribution in [0.3, 0.4) is 0 Å². The number of benzene rings is 2. The average Bonchev–Trinajstić information content (AvgIpc) is 2.48. The molecule has 1 N–H and O–H groups in total. The van der Waals surface area contributed by atoms with Crippen LogP contribution >= 0.6 is 24.4 Å². The van der Waals surface area contributed by atoms with Crippen LogP contribution in [0.15, 0.2) is 69.3 Å². The van der Waals surface area contributed by atoms with E-state index in [9.17, 15) is 8.42 Å². The lowest BCUT2D eigenvalue weighted by Crippen LogP contribution is -2.33. The maximum absolute atomic E-state index is 12.1. The summed E-state index contributed by atoms with van der Waals surface area (Å²) in [6, 6.07) is 16.6. The van der Waals surface area contributed by atoms with Crippen LogP contribution in [0.2, 0.25) is 0 Å². The molecule has 0 saturated carbocycles. The molecule has 0 saturated heterocycles. The highest BCUT2D eigenvalue weighted by atomic mass is 32.2. The van der Waals surface area contributed by atoms with Crippen molar-refractivity contribution in [2.24, 2.45) is 0 Å². The lowest BCUT2D eigenvalue weighted by molar-refractivity contribution is 0.571. The Morgan fingerprint density at radius 1 is 1.05 bits per heavy atom. The van der Waals surface area contributed by atoms with Gasteiger partial charge in [-0.15, -0.1) is 0 Å². The summed E-state index contributed by atoms with van der Waals surface area (Å²) in [4.78, 5) is 2.39. The fraction of sp³-hybridized carbons (Fsp3) is 0.200. The highest BCUT2D eigenvalue weighted by Gasteiger charge is 2.16. The molecule has 0 aliphatic heterocycles. The lowest BCUT2D eigenvalue weighted by atomic mass is 10.4. The molecular weight excluding hydrogens is 322 g/mol. The van der Waals surface area contributed by atoms with E-state index in [1.807, 2.05) is 42.5 Å². The number of hydrogen-bond acceptors (Lipinski definition) is 4. The fourth-order valence-corrected chi connectivity index (χ4v) is 3.98. The van der Waals surface area contributed by atoms with Crippen LogP contribution in [0, 0.1) is 0 Å². The van der Waals surface area contributed by atoms with E-state index >= 15 is 0 Å². The molecular formula is C15H17NO2S3. The monoisotopic (exact) mass is 339 g/mol. The molecule has 0 aromatic heterocycles. The van der Waals surface area contributed by atoms with E-state index in [1.54, 1.807) is 30.8 Å². The number of sulfonamides is 1. The number of nitrogens with one attached hydrogen (secondary N) is 1. The Hall–Kier alpha value is -0.950. The number of thiol groups is 1. The zero-order valence-electron chi connectivity index (χ0n) is 11.6. The van der Waals surface area contributed by atoms with Crippen molar-refractivity contribution in [1.29, 1.82) is 0 Å². The Bertz CT molecular complexity index is 670. The molecule has 0 heterocycles. The molecule has 0 bridgehead atoms. The Morgan fingerprint density at radius 3 is 2.19 bits per heavy atom. The third kappa shape index (κ3) is 4.78. The first-order valence-corrected chi connectivity index (χ1v) is 9.40. The molecule has 0 radical (unpaired) electrons. The summed E-state index contributed by atoms with van der Waals surface area (Å²) >= 11 is 5.68. The topological polar surface area (TPSA) is 46.2 Å². The summed E-state index contributed by atoms with van der Waals surface area (Å²) in [7, 11) is -3.47. The Kier molecular flexibility index (Phi) is 5.75. The van der Waals surface area contributed by atoms with Crippen LogP contribution < -0.4 is 4.72 Å². The highest BCUT2D eigenvalue weighted by molar-refractivity contribution is 7.99. The second-order valence-electron chi connectivity index (χ2n) is 4.59. The first kappa shape index (κ1) is 16.4. The third-order valence-corrected chi connectivity index (χ3v) is 5.91. The Labute approximate surface area is 135 Å². The molecule has 6 heteroatoms. The summed E-state index contributed by atoms with van der Waals surface area (Å²) in [5, 5.41) is 0. The van der Waals surface area contributed by atoms with Crippen molar-refractivity contribution in [3.05, 3.63) is 54.6 Å². The van der Waals surface area contributed by atoms with Crippen LogP contribution in [-0.4, -0.2) is 20.2 Å². The molecule has 1 atom stereocenters. The van der Waals surface area contributed by atoms with Crippen molar-refractivity contribution < 1.29 is 8.42 Å². The second kappa shape index (κ2) is 7.35. The van der Waals surface area contributed by atoms with Gasteiger partial charge in [0.05, 0.1) is 4.90 Å². The molecule has 21 heavy (non-hydrogen) atoms. The van der Waals surface area contributed by atoms with Gasteiger partial charge in [-0.05, 0) is 43.3 Å². The highest BCUT2D eigenvalue weighted by Crippen LogP contribution is 2.28. The van der Waals surface area contributed by atoms with E-state index in [0.29, 0.717) is 5.75 Å². The van der Waals surface area contributed by atoms with Crippen molar-refractivity contribution >= 4 is 34.4 Å². The van der Waals surface area contributed by atoms with E-state index in [4.69, 9.17) is 0 Å². The van der Waals surface area contributed by atoms with Crippen molar-refractivity contribution in [3.8, 4) is 0 Å². The van der Waals surface area contributed by atoms with Crippen LogP contribution in [0.4, 0.5) is 0 Å². The minimum absolute atomic E-state index is 0.197. The molecule has 1 unspecified atom stereocenters. The zero-order chi connectivity index (χ0) is 15.3. The van der Waals surface area contributed by atoms with Gasteiger partial charge in [0.25, 0.3) is 0 Å². The van der Waals surface area contributed by atoms with Gasteiger partial charge >= 0.3 is 0 Å². The summed E-state index contributed by atoms with van der Waals surface area (Å²) in [6.07, 6.45) is 0. The molecule has 3 nitrogen and oxygen atoms in total. The van der Waals surface area contributed by atoms with Gasteiger partial charge < -0.3 is 0 Å². The summed E-state index contributed by atoms with van der Waals surface area (Å²) in [5.74, 6) is 0.459. The van der Waals surface area contributed by atoms with Gasteiger partial charge in [0, 0.05) is 21.6 Å². The fourth-order valence-electron chi connectivity index (χ4n) is 1.68. The van der Waals surface area contributed by atoms with Crippen molar-refractivity contribution in [1.82, 2.24) is 4.72 Å². The largest absolute Gasteiger partial charge is 0.240 e. The van der Waals surface area contributed by atoms with E-state index in [2.05, 4.69) is 17.4 Å². The molecule has 112 valence electrons. The quantitative estimate of drug-likeness (QED) is 0.793. The SMILES string of the molecule is CC(CS)NS(=O)(=O)c1ccc(Sc2ccccc2)cc1. The molecule has 0 aliphatic carbocycles. The summed E-state index contributed by atoms with van der Waals surface area (Å²) < 4.78 is 26.8. The molecule has 0 spiro atoms. The molecule has 0 fully saturated rings. The third-order valence-electron chi connectivity index (χ3n) is 2.74. The zero-order valence-corrected chi connectivity index (χ0v) is 14.1. The van der Waals surface area contributed by atoms with Gasteiger partial charge in [-0.2, -0.15) is 12.6 Å². The van der Waals surface area contributed by atoms with E-state index in [0.717, 1.165) is 9.79 Å². The smallest absolute Gasteiger partial charge is 0.208 e.